The number of aliphatic hydroxyl groups is 1. The molecule has 110 valence electrons. The second-order valence-corrected chi connectivity index (χ2v) is 5.73. The summed E-state index contributed by atoms with van der Waals surface area (Å²) >= 11 is 1.53. The van der Waals surface area contributed by atoms with Crippen molar-refractivity contribution in [2.45, 2.75) is 18.4 Å². The minimum Gasteiger partial charge on any atom is -0.497 e. The van der Waals surface area contributed by atoms with Crippen molar-refractivity contribution in [3.05, 3.63) is 23.8 Å². The minimum atomic E-state index is -0.559. The van der Waals surface area contributed by atoms with Crippen molar-refractivity contribution in [2.24, 2.45) is 0 Å². The van der Waals surface area contributed by atoms with Crippen LogP contribution in [0.5, 0.6) is 11.5 Å². The van der Waals surface area contributed by atoms with Gasteiger partial charge in [-0.3, -0.25) is 4.79 Å². The predicted octanol–water partition coefficient (Wildman–Crippen LogP) is 1.66. The van der Waals surface area contributed by atoms with Gasteiger partial charge in [0.15, 0.2) is 0 Å². The molecule has 5 nitrogen and oxygen atoms in total. The normalized spacial score (nSPS) is 20.1. The molecule has 2 atom stereocenters. The topological polar surface area (TPSA) is 59.0 Å². The predicted molar refractivity (Wildman–Crippen MR) is 78.1 cm³/mol. The van der Waals surface area contributed by atoms with Gasteiger partial charge < -0.3 is 19.5 Å². The van der Waals surface area contributed by atoms with Crippen molar-refractivity contribution in [2.75, 3.05) is 26.5 Å². The Morgan fingerprint density at radius 1 is 1.45 bits per heavy atom. The number of β-amino-alcohol motifs (C(OH)–C–C–N with tert-alkyl or cyclic N) is 1. The van der Waals surface area contributed by atoms with Crippen molar-refractivity contribution in [1.29, 1.82) is 0 Å². The van der Waals surface area contributed by atoms with E-state index in [0.29, 0.717) is 18.0 Å². The lowest BCUT2D eigenvalue weighted by molar-refractivity contribution is -0.129. The van der Waals surface area contributed by atoms with Crippen LogP contribution in [0.3, 0.4) is 0 Å². The van der Waals surface area contributed by atoms with E-state index >= 15 is 0 Å². The number of hydrogen-bond acceptors (Lipinski definition) is 5. The first-order valence-electron chi connectivity index (χ1n) is 6.38. The maximum absolute atomic E-state index is 12.0. The van der Waals surface area contributed by atoms with Gasteiger partial charge in [-0.25, -0.2) is 0 Å². The van der Waals surface area contributed by atoms with Crippen LogP contribution in [-0.2, 0) is 4.79 Å². The summed E-state index contributed by atoms with van der Waals surface area (Å²) in [6.07, 6.45) is -0.559. The quantitative estimate of drug-likeness (QED) is 0.895. The second kappa shape index (κ2) is 6.37. The number of aliphatic hydroxyl groups excluding tert-OH is 1. The first-order chi connectivity index (χ1) is 9.56. The minimum absolute atomic E-state index is 0.0331. The van der Waals surface area contributed by atoms with Crippen molar-refractivity contribution < 1.29 is 19.4 Å². The molecule has 1 aliphatic rings. The number of nitrogens with zero attached hydrogens (tertiary/aromatic N) is 1. The van der Waals surface area contributed by atoms with Crippen LogP contribution in [0.25, 0.3) is 0 Å². The number of ether oxygens (including phenoxy) is 2. The molecule has 0 spiro atoms. The Balaban J connectivity index is 2.35. The lowest BCUT2D eigenvalue weighted by atomic mass is 10.1. The van der Waals surface area contributed by atoms with E-state index in [1.54, 1.807) is 26.0 Å². The Bertz CT molecular complexity index is 492. The molecule has 0 bridgehead atoms. The van der Waals surface area contributed by atoms with Crippen molar-refractivity contribution >= 4 is 17.7 Å². The average Bonchev–Trinajstić information content (AvgIpc) is 2.79. The fraction of sp³-hybridized carbons (Fsp3) is 0.500. The van der Waals surface area contributed by atoms with Crippen LogP contribution >= 0.6 is 11.8 Å². The summed E-state index contributed by atoms with van der Waals surface area (Å²) in [5, 5.41) is 9.41. The van der Waals surface area contributed by atoms with Gasteiger partial charge in [-0.05, 0) is 25.1 Å². The third kappa shape index (κ3) is 3.02. The molecule has 1 saturated heterocycles. The summed E-state index contributed by atoms with van der Waals surface area (Å²) in [6, 6.07) is 5.53. The van der Waals surface area contributed by atoms with E-state index < -0.39 is 6.10 Å². The average molecular weight is 297 g/mol. The largest absolute Gasteiger partial charge is 0.497 e. The Labute approximate surface area is 122 Å². The highest BCUT2D eigenvalue weighted by Crippen LogP contribution is 2.43. The van der Waals surface area contributed by atoms with Crippen LogP contribution < -0.4 is 9.47 Å². The number of carbonyl (C=O) groups is 1. The van der Waals surface area contributed by atoms with E-state index in [9.17, 15) is 9.90 Å². The van der Waals surface area contributed by atoms with E-state index in [4.69, 9.17) is 9.47 Å². The lowest BCUT2D eigenvalue weighted by Crippen LogP contribution is -2.34. The van der Waals surface area contributed by atoms with Crippen LogP contribution in [-0.4, -0.2) is 48.5 Å². The Morgan fingerprint density at radius 3 is 2.80 bits per heavy atom. The summed E-state index contributed by atoms with van der Waals surface area (Å²) in [5.74, 6) is 1.88. The molecule has 0 aromatic heterocycles. The van der Waals surface area contributed by atoms with Gasteiger partial charge in [0.25, 0.3) is 0 Å². The molecular weight excluding hydrogens is 278 g/mol. The zero-order valence-electron chi connectivity index (χ0n) is 11.8. The van der Waals surface area contributed by atoms with E-state index in [0.717, 1.165) is 11.3 Å². The van der Waals surface area contributed by atoms with Crippen LogP contribution in [0.1, 0.15) is 17.9 Å². The highest BCUT2D eigenvalue weighted by Gasteiger charge is 2.35. The zero-order chi connectivity index (χ0) is 14.7. The lowest BCUT2D eigenvalue weighted by Gasteiger charge is -2.26. The van der Waals surface area contributed by atoms with Gasteiger partial charge in [-0.15, -0.1) is 11.8 Å². The molecule has 1 aliphatic heterocycles. The smallest absolute Gasteiger partial charge is 0.233 e. The first kappa shape index (κ1) is 15.0. The number of thioether (sulfide) groups is 1. The molecule has 0 unspecified atom stereocenters. The maximum Gasteiger partial charge on any atom is 0.233 e. The number of rotatable bonds is 5. The summed E-state index contributed by atoms with van der Waals surface area (Å²) in [7, 11) is 3.21. The van der Waals surface area contributed by atoms with E-state index in [-0.39, 0.29) is 11.3 Å². The fourth-order valence-corrected chi connectivity index (χ4v) is 3.44. The van der Waals surface area contributed by atoms with Crippen molar-refractivity contribution in [3.8, 4) is 11.5 Å². The number of benzene rings is 1. The molecule has 1 fully saturated rings. The van der Waals surface area contributed by atoms with Gasteiger partial charge in [0.2, 0.25) is 5.91 Å². The fourth-order valence-electron chi connectivity index (χ4n) is 2.23. The molecule has 2 rings (SSSR count). The molecule has 0 aliphatic carbocycles. The van der Waals surface area contributed by atoms with Gasteiger partial charge in [0.05, 0.1) is 26.1 Å². The second-order valence-electron chi connectivity index (χ2n) is 4.67. The molecule has 1 heterocycles. The molecule has 1 aromatic carbocycles. The third-order valence-corrected chi connectivity index (χ3v) is 4.37. The summed E-state index contributed by atoms with van der Waals surface area (Å²) in [6.45, 7) is 1.99. The zero-order valence-corrected chi connectivity index (χ0v) is 12.6. The maximum atomic E-state index is 12.0. The van der Waals surface area contributed by atoms with E-state index in [1.165, 1.54) is 11.8 Å². The number of amides is 1. The van der Waals surface area contributed by atoms with Crippen LogP contribution in [0.15, 0.2) is 18.2 Å². The molecule has 1 aromatic rings. The monoisotopic (exact) mass is 297 g/mol. The Hall–Kier alpha value is -1.40. The molecule has 6 heteroatoms. The van der Waals surface area contributed by atoms with Gasteiger partial charge in [0.1, 0.15) is 16.9 Å². The number of carbonyl (C=O) groups excluding carboxylic acids is 1. The third-order valence-electron chi connectivity index (χ3n) is 3.13. The Morgan fingerprint density at radius 2 is 2.20 bits per heavy atom. The standard InChI is InChI=1S/C14H19NO4S/c1-9(16)7-15-13(17)8-20-14(15)11-6-10(18-2)4-5-12(11)19-3/h4-6,9,14,16H,7-8H2,1-3H3/t9-,14+/m1/s1. The van der Waals surface area contributed by atoms with Gasteiger partial charge >= 0.3 is 0 Å². The SMILES string of the molecule is COc1ccc(OC)c([C@@H]2SCC(=O)N2C[C@@H](C)O)c1. The van der Waals surface area contributed by atoms with Gasteiger partial charge in [-0.2, -0.15) is 0 Å². The summed E-state index contributed by atoms with van der Waals surface area (Å²) < 4.78 is 10.6. The summed E-state index contributed by atoms with van der Waals surface area (Å²) in [4.78, 5) is 13.7. The van der Waals surface area contributed by atoms with E-state index in [2.05, 4.69) is 0 Å². The highest BCUT2D eigenvalue weighted by molar-refractivity contribution is 8.00. The van der Waals surface area contributed by atoms with Crippen LogP contribution in [0, 0.1) is 0 Å². The van der Waals surface area contributed by atoms with Gasteiger partial charge in [-0.1, -0.05) is 0 Å². The Kier molecular flexibility index (Phi) is 4.77. The van der Waals surface area contributed by atoms with Gasteiger partial charge in [0, 0.05) is 12.1 Å². The molecular formula is C14H19NO4S. The number of hydrogen-bond donors (Lipinski definition) is 1. The molecule has 0 radical (unpaired) electrons. The van der Waals surface area contributed by atoms with Crippen molar-refractivity contribution in [1.82, 2.24) is 4.90 Å². The molecule has 20 heavy (non-hydrogen) atoms. The summed E-state index contributed by atoms with van der Waals surface area (Å²) in [5.41, 5.74) is 0.892. The molecule has 1 amide bonds. The molecule has 0 saturated carbocycles. The van der Waals surface area contributed by atoms with Crippen LogP contribution in [0.4, 0.5) is 0 Å². The van der Waals surface area contributed by atoms with E-state index in [1.807, 2.05) is 18.2 Å². The van der Waals surface area contributed by atoms with Crippen LogP contribution in [0.2, 0.25) is 0 Å². The highest BCUT2D eigenvalue weighted by atomic mass is 32.2. The van der Waals surface area contributed by atoms with Crippen molar-refractivity contribution in [3.63, 3.8) is 0 Å². The molecule has 1 N–H and O–H groups in total. The first-order valence-corrected chi connectivity index (χ1v) is 7.42. The number of methoxy groups -OCH3 is 2.